The standard InChI is InChI=1S/C64H40S/c1-3-17-43(18-4-1)61-54-25-11-12-26-55(54)62(44-19-5-2-6-20-44)59-38-49(33-34-56(59)61)47-23-13-24-48(35-47)52-39-58(51-32-30-42-16-8-10-22-46(42)37-51)64-60(40-52)57-28-14-27-53(63(57)65-64)50-31-29-41-15-7-9-21-45(41)36-50/h1-40H. The van der Waals surface area contributed by atoms with Gasteiger partial charge < -0.3 is 0 Å². The zero-order chi connectivity index (χ0) is 42.8. The fraction of sp³-hybridized carbons (Fsp3) is 0. The average molecular weight is 841 g/mol. The number of benzene rings is 12. The van der Waals surface area contributed by atoms with Crippen molar-refractivity contribution in [1.29, 1.82) is 0 Å². The molecule has 12 aromatic carbocycles. The van der Waals surface area contributed by atoms with Crippen molar-refractivity contribution in [2.45, 2.75) is 0 Å². The summed E-state index contributed by atoms with van der Waals surface area (Å²) in [6.45, 7) is 0. The summed E-state index contributed by atoms with van der Waals surface area (Å²) in [4.78, 5) is 0. The van der Waals surface area contributed by atoms with E-state index in [1.807, 2.05) is 11.3 Å². The van der Waals surface area contributed by atoms with E-state index in [1.165, 1.54) is 130 Å². The van der Waals surface area contributed by atoms with E-state index in [-0.39, 0.29) is 0 Å². The van der Waals surface area contributed by atoms with Crippen LogP contribution in [-0.4, -0.2) is 0 Å². The van der Waals surface area contributed by atoms with Gasteiger partial charge in [0.2, 0.25) is 0 Å². The quantitative estimate of drug-likeness (QED) is 0.146. The Morgan fingerprint density at radius 3 is 1.31 bits per heavy atom. The molecular formula is C64H40S. The van der Waals surface area contributed by atoms with Gasteiger partial charge in [-0.05, 0) is 141 Å². The lowest BCUT2D eigenvalue weighted by molar-refractivity contribution is 1.61. The lowest BCUT2D eigenvalue weighted by atomic mass is 9.84. The van der Waals surface area contributed by atoms with Gasteiger partial charge in [-0.25, -0.2) is 0 Å². The summed E-state index contributed by atoms with van der Waals surface area (Å²) >= 11 is 1.92. The van der Waals surface area contributed by atoms with Gasteiger partial charge in [-0.3, -0.25) is 0 Å². The summed E-state index contributed by atoms with van der Waals surface area (Å²) in [5.41, 5.74) is 14.8. The zero-order valence-electron chi connectivity index (χ0n) is 35.5. The number of fused-ring (bicyclic) bond motifs is 7. The highest BCUT2D eigenvalue weighted by Crippen LogP contribution is 2.48. The Hall–Kier alpha value is -8.10. The fourth-order valence-corrected chi connectivity index (χ4v) is 11.6. The second kappa shape index (κ2) is 15.3. The summed E-state index contributed by atoms with van der Waals surface area (Å²) in [6, 6.07) is 89.8. The van der Waals surface area contributed by atoms with E-state index < -0.39 is 0 Å². The molecular weight excluding hydrogens is 801 g/mol. The molecule has 13 aromatic rings. The number of rotatable bonds is 6. The van der Waals surface area contributed by atoms with Crippen LogP contribution in [0.4, 0.5) is 0 Å². The van der Waals surface area contributed by atoms with Crippen LogP contribution in [0.2, 0.25) is 0 Å². The Morgan fingerprint density at radius 2 is 0.646 bits per heavy atom. The Bertz CT molecular complexity index is 3990. The molecule has 1 heteroatoms. The van der Waals surface area contributed by atoms with Crippen LogP contribution < -0.4 is 0 Å². The fourth-order valence-electron chi connectivity index (χ4n) is 10.3. The Balaban J connectivity index is 1.02. The highest BCUT2D eigenvalue weighted by molar-refractivity contribution is 7.26. The third kappa shape index (κ3) is 6.35. The van der Waals surface area contributed by atoms with E-state index >= 15 is 0 Å². The van der Waals surface area contributed by atoms with Crippen molar-refractivity contribution in [3.05, 3.63) is 243 Å². The first kappa shape index (κ1) is 37.5. The molecule has 13 rings (SSSR count). The molecule has 1 heterocycles. The van der Waals surface area contributed by atoms with Gasteiger partial charge in [0.1, 0.15) is 0 Å². The summed E-state index contributed by atoms with van der Waals surface area (Å²) < 4.78 is 2.63. The van der Waals surface area contributed by atoms with E-state index in [4.69, 9.17) is 0 Å². The molecule has 0 aliphatic rings. The third-order valence-electron chi connectivity index (χ3n) is 13.4. The van der Waals surface area contributed by atoms with E-state index in [2.05, 4.69) is 243 Å². The van der Waals surface area contributed by atoms with E-state index in [1.54, 1.807) is 0 Å². The predicted octanol–water partition coefficient (Wildman–Crippen LogP) is 18.7. The molecule has 0 spiro atoms. The molecule has 0 saturated heterocycles. The monoisotopic (exact) mass is 840 g/mol. The summed E-state index contributed by atoms with van der Waals surface area (Å²) in [5.74, 6) is 0. The molecule has 0 unspecified atom stereocenters. The Labute approximate surface area is 382 Å². The van der Waals surface area contributed by atoms with Crippen LogP contribution in [0.25, 0.3) is 130 Å². The van der Waals surface area contributed by atoms with Gasteiger partial charge in [0.05, 0.1) is 0 Å². The number of thiophene rings is 1. The van der Waals surface area contributed by atoms with Crippen LogP contribution in [0, 0.1) is 0 Å². The van der Waals surface area contributed by atoms with Gasteiger partial charge in [-0.15, -0.1) is 11.3 Å². The molecule has 65 heavy (non-hydrogen) atoms. The molecule has 0 radical (unpaired) electrons. The SMILES string of the molecule is c1ccc(-c2c3ccccc3c(-c3ccccc3)c3cc(-c4cccc(-c5cc(-c6ccc7ccccc7c6)c6sc7c(-c8ccc9ccccc9c8)cccc7c6c5)c4)ccc23)cc1. The highest BCUT2D eigenvalue weighted by Gasteiger charge is 2.20. The smallest absolute Gasteiger partial charge is 0.0434 e. The molecule has 1 aromatic heterocycles. The van der Waals surface area contributed by atoms with Crippen molar-refractivity contribution in [2.24, 2.45) is 0 Å². The normalized spacial score (nSPS) is 11.7. The molecule has 0 aliphatic carbocycles. The third-order valence-corrected chi connectivity index (χ3v) is 14.7. The Morgan fingerprint density at radius 1 is 0.200 bits per heavy atom. The molecule has 0 aliphatic heterocycles. The van der Waals surface area contributed by atoms with Crippen LogP contribution in [0.1, 0.15) is 0 Å². The average Bonchev–Trinajstić information content (AvgIpc) is 3.77. The second-order valence-corrected chi connectivity index (χ2v) is 18.2. The molecule has 0 fully saturated rings. The number of hydrogen-bond acceptors (Lipinski definition) is 1. The van der Waals surface area contributed by atoms with Crippen molar-refractivity contribution < 1.29 is 0 Å². The van der Waals surface area contributed by atoms with Crippen molar-refractivity contribution in [2.75, 3.05) is 0 Å². The molecule has 0 amide bonds. The molecule has 0 atom stereocenters. The van der Waals surface area contributed by atoms with Gasteiger partial charge in [-0.1, -0.05) is 206 Å². The topological polar surface area (TPSA) is 0 Å². The first-order valence-electron chi connectivity index (χ1n) is 22.4. The minimum absolute atomic E-state index is 1.19. The van der Waals surface area contributed by atoms with Gasteiger partial charge in [0, 0.05) is 25.7 Å². The van der Waals surface area contributed by atoms with Crippen molar-refractivity contribution >= 4 is 74.6 Å². The maximum atomic E-state index is 2.44. The second-order valence-electron chi connectivity index (χ2n) is 17.2. The minimum Gasteiger partial charge on any atom is -0.134 e. The maximum Gasteiger partial charge on any atom is 0.0434 e. The largest absolute Gasteiger partial charge is 0.134 e. The van der Waals surface area contributed by atoms with E-state index in [9.17, 15) is 0 Å². The van der Waals surface area contributed by atoms with E-state index in [0.717, 1.165) is 0 Å². The Kier molecular flexibility index (Phi) is 8.82. The zero-order valence-corrected chi connectivity index (χ0v) is 36.3. The summed E-state index contributed by atoms with van der Waals surface area (Å²) in [5, 5.41) is 12.6. The van der Waals surface area contributed by atoms with Gasteiger partial charge in [-0.2, -0.15) is 0 Å². The van der Waals surface area contributed by atoms with Gasteiger partial charge in [0.15, 0.2) is 0 Å². The first-order valence-corrected chi connectivity index (χ1v) is 23.2. The maximum absolute atomic E-state index is 2.44. The first-order chi connectivity index (χ1) is 32.2. The molecule has 302 valence electrons. The van der Waals surface area contributed by atoms with Crippen molar-refractivity contribution in [1.82, 2.24) is 0 Å². The van der Waals surface area contributed by atoms with Crippen LogP contribution in [-0.2, 0) is 0 Å². The van der Waals surface area contributed by atoms with Gasteiger partial charge >= 0.3 is 0 Å². The summed E-state index contributed by atoms with van der Waals surface area (Å²) in [6.07, 6.45) is 0. The van der Waals surface area contributed by atoms with Crippen LogP contribution >= 0.6 is 11.3 Å². The van der Waals surface area contributed by atoms with Crippen LogP contribution in [0.3, 0.4) is 0 Å². The van der Waals surface area contributed by atoms with E-state index in [0.29, 0.717) is 0 Å². The minimum atomic E-state index is 1.19. The molecule has 0 N–H and O–H groups in total. The highest BCUT2D eigenvalue weighted by atomic mass is 32.1. The summed E-state index contributed by atoms with van der Waals surface area (Å²) in [7, 11) is 0. The van der Waals surface area contributed by atoms with Crippen molar-refractivity contribution in [3.8, 4) is 66.8 Å². The lowest BCUT2D eigenvalue weighted by Crippen LogP contribution is -1.91. The lowest BCUT2D eigenvalue weighted by Gasteiger charge is -2.19. The molecule has 0 bridgehead atoms. The van der Waals surface area contributed by atoms with Gasteiger partial charge in [0.25, 0.3) is 0 Å². The van der Waals surface area contributed by atoms with Crippen LogP contribution in [0.15, 0.2) is 243 Å². The molecule has 0 saturated carbocycles. The predicted molar refractivity (Wildman–Crippen MR) is 282 cm³/mol. The van der Waals surface area contributed by atoms with Crippen molar-refractivity contribution in [3.63, 3.8) is 0 Å². The van der Waals surface area contributed by atoms with Crippen LogP contribution in [0.5, 0.6) is 0 Å². The number of hydrogen-bond donors (Lipinski definition) is 0. The molecule has 0 nitrogen and oxygen atoms in total.